The lowest BCUT2D eigenvalue weighted by atomic mass is 9.87. The Morgan fingerprint density at radius 1 is 1.30 bits per heavy atom. The van der Waals surface area contributed by atoms with Gasteiger partial charge in [-0.2, -0.15) is 13.2 Å². The summed E-state index contributed by atoms with van der Waals surface area (Å²) in [6, 6.07) is 3.98. The monoisotopic (exact) mass is 350 g/mol. The molecule has 1 heterocycles. The molecular formula is C14H18BrF3N2. The third-order valence-corrected chi connectivity index (χ3v) is 4.88. The SMILES string of the molecule is CC1C(N)CCN(c2cc(C(F)(F)F)ccc2Br)C1C. The number of nitrogens with two attached hydrogens (primary N) is 1. The van der Waals surface area contributed by atoms with Crippen LogP contribution in [0.25, 0.3) is 0 Å². The Morgan fingerprint density at radius 2 is 1.95 bits per heavy atom. The molecule has 1 aliphatic rings. The van der Waals surface area contributed by atoms with E-state index in [0.29, 0.717) is 16.7 Å². The minimum absolute atomic E-state index is 0.103. The number of hydrogen-bond donors (Lipinski definition) is 1. The summed E-state index contributed by atoms with van der Waals surface area (Å²) in [6.07, 6.45) is -3.54. The predicted molar refractivity (Wildman–Crippen MR) is 77.7 cm³/mol. The highest BCUT2D eigenvalue weighted by Gasteiger charge is 2.34. The highest BCUT2D eigenvalue weighted by atomic mass is 79.9. The fraction of sp³-hybridized carbons (Fsp3) is 0.571. The van der Waals surface area contributed by atoms with Gasteiger partial charge in [0.1, 0.15) is 0 Å². The van der Waals surface area contributed by atoms with Gasteiger partial charge in [-0.25, -0.2) is 0 Å². The Hall–Kier alpha value is -0.750. The summed E-state index contributed by atoms with van der Waals surface area (Å²) in [7, 11) is 0. The van der Waals surface area contributed by atoms with Gasteiger partial charge in [-0.3, -0.25) is 0 Å². The van der Waals surface area contributed by atoms with Gasteiger partial charge < -0.3 is 10.6 Å². The lowest BCUT2D eigenvalue weighted by Gasteiger charge is -2.43. The largest absolute Gasteiger partial charge is 0.416 e. The molecule has 0 radical (unpaired) electrons. The van der Waals surface area contributed by atoms with Crippen LogP contribution in [0.5, 0.6) is 0 Å². The standard InChI is InChI=1S/C14H18BrF3N2/c1-8-9(2)20(6-5-12(8)19)13-7-10(14(16,17)18)3-4-11(13)15/h3-4,7-9,12H,5-6,19H2,1-2H3. The molecule has 0 amide bonds. The Balaban J connectivity index is 2.37. The van der Waals surface area contributed by atoms with E-state index >= 15 is 0 Å². The maximum absolute atomic E-state index is 12.8. The molecule has 2 N–H and O–H groups in total. The lowest BCUT2D eigenvalue weighted by Crippen LogP contribution is -2.52. The van der Waals surface area contributed by atoms with Crippen LogP contribution in [0.1, 0.15) is 25.8 Å². The van der Waals surface area contributed by atoms with Crippen LogP contribution in [0, 0.1) is 5.92 Å². The van der Waals surface area contributed by atoms with E-state index < -0.39 is 11.7 Å². The molecule has 1 aromatic rings. The average molecular weight is 351 g/mol. The highest BCUT2D eigenvalue weighted by Crippen LogP contribution is 2.38. The first kappa shape index (κ1) is 15.6. The zero-order valence-corrected chi connectivity index (χ0v) is 13.0. The molecule has 1 aliphatic heterocycles. The summed E-state index contributed by atoms with van der Waals surface area (Å²) in [4.78, 5) is 2.01. The summed E-state index contributed by atoms with van der Waals surface area (Å²) < 4.78 is 39.2. The number of rotatable bonds is 1. The van der Waals surface area contributed by atoms with E-state index in [1.165, 1.54) is 12.1 Å². The zero-order valence-electron chi connectivity index (χ0n) is 11.4. The predicted octanol–water partition coefficient (Wildman–Crippen LogP) is 4.03. The van der Waals surface area contributed by atoms with Gasteiger partial charge in [-0.05, 0) is 53.4 Å². The molecule has 0 saturated carbocycles. The molecule has 3 atom stereocenters. The second kappa shape index (κ2) is 5.56. The number of benzene rings is 1. The quantitative estimate of drug-likeness (QED) is 0.828. The molecule has 0 aromatic heterocycles. The summed E-state index contributed by atoms with van der Waals surface area (Å²) in [5, 5.41) is 0. The minimum atomic E-state index is -4.32. The Morgan fingerprint density at radius 3 is 2.55 bits per heavy atom. The van der Waals surface area contributed by atoms with Crippen LogP contribution >= 0.6 is 15.9 Å². The molecule has 1 saturated heterocycles. The normalized spacial score (nSPS) is 27.8. The fourth-order valence-electron chi connectivity index (χ4n) is 2.65. The van der Waals surface area contributed by atoms with Crippen molar-refractivity contribution in [1.82, 2.24) is 0 Å². The Kier molecular flexibility index (Phi) is 4.35. The number of nitrogens with zero attached hydrogens (tertiary/aromatic N) is 1. The maximum atomic E-state index is 12.8. The van der Waals surface area contributed by atoms with Gasteiger partial charge in [-0.1, -0.05) is 6.92 Å². The summed E-state index contributed by atoms with van der Waals surface area (Å²) in [6.45, 7) is 4.73. The van der Waals surface area contributed by atoms with Gasteiger partial charge >= 0.3 is 6.18 Å². The number of piperidine rings is 1. The van der Waals surface area contributed by atoms with Crippen LogP contribution in [-0.4, -0.2) is 18.6 Å². The van der Waals surface area contributed by atoms with Crippen molar-refractivity contribution in [2.24, 2.45) is 11.7 Å². The van der Waals surface area contributed by atoms with Crippen molar-refractivity contribution in [3.8, 4) is 0 Å². The van der Waals surface area contributed by atoms with Crippen molar-refractivity contribution < 1.29 is 13.2 Å². The molecule has 1 fully saturated rings. The Labute approximate surface area is 125 Å². The lowest BCUT2D eigenvalue weighted by molar-refractivity contribution is -0.137. The van der Waals surface area contributed by atoms with E-state index in [1.807, 2.05) is 18.7 Å². The molecule has 112 valence electrons. The van der Waals surface area contributed by atoms with E-state index in [2.05, 4.69) is 15.9 Å². The average Bonchev–Trinajstić information content (AvgIpc) is 2.36. The maximum Gasteiger partial charge on any atom is 0.416 e. The highest BCUT2D eigenvalue weighted by molar-refractivity contribution is 9.10. The van der Waals surface area contributed by atoms with Gasteiger partial charge in [0.2, 0.25) is 0 Å². The van der Waals surface area contributed by atoms with Crippen LogP contribution in [0.2, 0.25) is 0 Å². The molecule has 20 heavy (non-hydrogen) atoms. The van der Waals surface area contributed by atoms with E-state index in [1.54, 1.807) is 0 Å². The summed E-state index contributed by atoms with van der Waals surface area (Å²) in [5.41, 5.74) is 6.00. The van der Waals surface area contributed by atoms with Gasteiger partial charge in [0.25, 0.3) is 0 Å². The molecular weight excluding hydrogens is 333 g/mol. The van der Waals surface area contributed by atoms with Crippen molar-refractivity contribution in [3.63, 3.8) is 0 Å². The first-order valence-electron chi connectivity index (χ1n) is 6.60. The van der Waals surface area contributed by atoms with E-state index in [-0.39, 0.29) is 18.0 Å². The first-order chi connectivity index (χ1) is 9.21. The summed E-state index contributed by atoms with van der Waals surface area (Å²) in [5.74, 6) is 0.241. The number of anilines is 1. The third-order valence-electron chi connectivity index (χ3n) is 4.21. The number of hydrogen-bond acceptors (Lipinski definition) is 2. The van der Waals surface area contributed by atoms with Crippen molar-refractivity contribution in [1.29, 1.82) is 0 Å². The first-order valence-corrected chi connectivity index (χ1v) is 7.40. The minimum Gasteiger partial charge on any atom is -0.368 e. The second-order valence-electron chi connectivity index (χ2n) is 5.41. The molecule has 6 heteroatoms. The molecule has 0 bridgehead atoms. The van der Waals surface area contributed by atoms with Gasteiger partial charge in [-0.15, -0.1) is 0 Å². The van der Waals surface area contributed by atoms with Crippen LogP contribution in [0.3, 0.4) is 0 Å². The van der Waals surface area contributed by atoms with Crippen molar-refractivity contribution in [2.45, 2.75) is 38.5 Å². The van der Waals surface area contributed by atoms with Crippen LogP contribution in [0.15, 0.2) is 22.7 Å². The molecule has 2 rings (SSSR count). The number of alkyl halides is 3. The number of halogens is 4. The van der Waals surface area contributed by atoms with E-state index in [9.17, 15) is 13.2 Å². The molecule has 0 spiro atoms. The smallest absolute Gasteiger partial charge is 0.368 e. The third kappa shape index (κ3) is 2.96. The van der Waals surface area contributed by atoms with Crippen LogP contribution < -0.4 is 10.6 Å². The molecule has 3 unspecified atom stereocenters. The zero-order chi connectivity index (χ0) is 15.1. The van der Waals surface area contributed by atoms with Gasteiger partial charge in [0.05, 0.1) is 11.3 Å². The fourth-order valence-corrected chi connectivity index (χ4v) is 3.12. The van der Waals surface area contributed by atoms with Gasteiger partial charge in [0, 0.05) is 23.1 Å². The molecule has 1 aromatic carbocycles. The van der Waals surface area contributed by atoms with Crippen molar-refractivity contribution in [2.75, 3.05) is 11.4 Å². The van der Waals surface area contributed by atoms with Crippen molar-refractivity contribution in [3.05, 3.63) is 28.2 Å². The summed E-state index contributed by atoms with van der Waals surface area (Å²) >= 11 is 3.35. The topological polar surface area (TPSA) is 29.3 Å². The van der Waals surface area contributed by atoms with Gasteiger partial charge in [0.15, 0.2) is 0 Å². The second-order valence-corrected chi connectivity index (χ2v) is 6.26. The Bertz CT molecular complexity index is 490. The van der Waals surface area contributed by atoms with E-state index in [0.717, 1.165) is 12.5 Å². The van der Waals surface area contributed by atoms with E-state index in [4.69, 9.17) is 5.73 Å². The van der Waals surface area contributed by atoms with Crippen molar-refractivity contribution >= 4 is 21.6 Å². The van der Waals surface area contributed by atoms with Crippen LogP contribution in [0.4, 0.5) is 18.9 Å². The van der Waals surface area contributed by atoms with Crippen LogP contribution in [-0.2, 0) is 6.18 Å². The molecule has 2 nitrogen and oxygen atoms in total. The molecule has 0 aliphatic carbocycles.